The molecule has 1 atom stereocenters. The van der Waals surface area contributed by atoms with Gasteiger partial charge in [0, 0.05) is 17.1 Å². The summed E-state index contributed by atoms with van der Waals surface area (Å²) in [6.07, 6.45) is 1.60. The van der Waals surface area contributed by atoms with Crippen LogP contribution in [0.2, 0.25) is 0 Å². The number of carbonyl (C=O) groups excluding carboxylic acids is 2. The number of aliphatic hydroxyl groups excluding tert-OH is 1. The first kappa shape index (κ1) is 22.7. The van der Waals surface area contributed by atoms with E-state index in [1.54, 1.807) is 35.8 Å². The van der Waals surface area contributed by atoms with E-state index in [0.29, 0.717) is 22.4 Å². The van der Waals surface area contributed by atoms with Crippen molar-refractivity contribution in [3.05, 3.63) is 82.4 Å². The van der Waals surface area contributed by atoms with Crippen LogP contribution >= 0.6 is 11.3 Å². The smallest absolute Gasteiger partial charge is 0.301 e. The van der Waals surface area contributed by atoms with Gasteiger partial charge in [-0.15, -0.1) is 11.3 Å². The molecule has 2 heterocycles. The summed E-state index contributed by atoms with van der Waals surface area (Å²) in [7, 11) is 0. The van der Waals surface area contributed by atoms with Gasteiger partial charge >= 0.3 is 5.91 Å². The van der Waals surface area contributed by atoms with Crippen LogP contribution in [0.5, 0.6) is 5.75 Å². The lowest BCUT2D eigenvalue weighted by molar-refractivity contribution is -0.132. The average Bonchev–Trinajstić information content (AvgIpc) is 3.40. The molecule has 7 heteroatoms. The number of rotatable bonds is 6. The van der Waals surface area contributed by atoms with Gasteiger partial charge in [0.15, 0.2) is 5.13 Å². The fraction of sp³-hybridized carbons (Fsp3) is 0.269. The summed E-state index contributed by atoms with van der Waals surface area (Å²) < 4.78 is 5.67. The zero-order valence-corrected chi connectivity index (χ0v) is 19.8. The van der Waals surface area contributed by atoms with Crippen molar-refractivity contribution < 1.29 is 19.4 Å². The Hall–Kier alpha value is -3.45. The highest BCUT2D eigenvalue weighted by Gasteiger charge is 2.47. The van der Waals surface area contributed by atoms with Crippen molar-refractivity contribution in [2.75, 3.05) is 4.90 Å². The molecule has 1 fully saturated rings. The summed E-state index contributed by atoms with van der Waals surface area (Å²) >= 11 is 1.27. The maximum atomic E-state index is 13.1. The minimum Gasteiger partial charge on any atom is -0.507 e. The SMILES string of the molecule is CC(C)Oc1ccc(C(O)=C2C(=O)C(=O)N(c3nccs3)C2c2ccc(C(C)C)cc2)cc1. The van der Waals surface area contributed by atoms with Crippen molar-refractivity contribution in [2.45, 2.75) is 45.8 Å². The quantitative estimate of drug-likeness (QED) is 0.290. The molecule has 4 rings (SSSR count). The predicted molar refractivity (Wildman–Crippen MR) is 130 cm³/mol. The monoisotopic (exact) mass is 462 g/mol. The third kappa shape index (κ3) is 4.41. The molecule has 0 bridgehead atoms. The third-order valence-electron chi connectivity index (χ3n) is 5.49. The number of benzene rings is 2. The molecule has 1 N–H and O–H groups in total. The van der Waals surface area contributed by atoms with E-state index in [1.165, 1.54) is 16.2 Å². The lowest BCUT2D eigenvalue weighted by atomic mass is 9.93. The van der Waals surface area contributed by atoms with Crippen molar-refractivity contribution in [3.8, 4) is 5.75 Å². The summed E-state index contributed by atoms with van der Waals surface area (Å²) in [4.78, 5) is 31.8. The number of aliphatic hydroxyl groups is 1. The maximum Gasteiger partial charge on any atom is 0.301 e. The topological polar surface area (TPSA) is 79.7 Å². The second kappa shape index (κ2) is 9.19. The number of anilines is 1. The molecule has 1 aliphatic rings. The largest absolute Gasteiger partial charge is 0.507 e. The van der Waals surface area contributed by atoms with Crippen LogP contribution in [0.15, 0.2) is 65.7 Å². The first-order valence-electron chi connectivity index (χ1n) is 10.9. The van der Waals surface area contributed by atoms with E-state index in [9.17, 15) is 14.7 Å². The molecule has 170 valence electrons. The number of carbonyl (C=O) groups is 2. The third-order valence-corrected chi connectivity index (χ3v) is 6.26. The highest BCUT2D eigenvalue weighted by molar-refractivity contribution is 7.14. The number of Topliss-reactive ketones (excluding diaryl/α,β-unsaturated/α-hetero) is 1. The first-order chi connectivity index (χ1) is 15.8. The van der Waals surface area contributed by atoms with Crippen LogP contribution in [-0.2, 0) is 9.59 Å². The Morgan fingerprint density at radius 2 is 1.70 bits per heavy atom. The van der Waals surface area contributed by atoms with Crippen LogP contribution in [0.25, 0.3) is 5.76 Å². The molecule has 1 unspecified atom stereocenters. The Kier molecular flexibility index (Phi) is 6.33. The van der Waals surface area contributed by atoms with Crippen molar-refractivity contribution in [1.82, 2.24) is 4.98 Å². The Morgan fingerprint density at radius 1 is 1.03 bits per heavy atom. The molecule has 3 aromatic rings. The highest BCUT2D eigenvalue weighted by atomic mass is 32.1. The number of hydrogen-bond donors (Lipinski definition) is 1. The molecular weight excluding hydrogens is 436 g/mol. The fourth-order valence-electron chi connectivity index (χ4n) is 3.86. The molecule has 0 spiro atoms. The summed E-state index contributed by atoms with van der Waals surface area (Å²) in [5.41, 5.74) is 2.36. The van der Waals surface area contributed by atoms with Gasteiger partial charge in [-0.3, -0.25) is 14.5 Å². The molecule has 33 heavy (non-hydrogen) atoms. The normalized spacial score (nSPS) is 17.9. The van der Waals surface area contributed by atoms with E-state index in [-0.39, 0.29) is 17.4 Å². The summed E-state index contributed by atoms with van der Waals surface area (Å²) in [6.45, 7) is 8.06. The van der Waals surface area contributed by atoms with Crippen LogP contribution in [0, 0.1) is 0 Å². The van der Waals surface area contributed by atoms with E-state index in [0.717, 1.165) is 11.1 Å². The number of ketones is 1. The number of hydrogen-bond acceptors (Lipinski definition) is 6. The number of amides is 1. The lowest BCUT2D eigenvalue weighted by Gasteiger charge is -2.23. The second-order valence-electron chi connectivity index (χ2n) is 8.50. The molecule has 1 amide bonds. The van der Waals surface area contributed by atoms with Gasteiger partial charge in [-0.1, -0.05) is 38.1 Å². The summed E-state index contributed by atoms with van der Waals surface area (Å²) in [5.74, 6) is -0.657. The second-order valence-corrected chi connectivity index (χ2v) is 9.37. The molecule has 0 saturated carbocycles. The molecule has 6 nitrogen and oxygen atoms in total. The van der Waals surface area contributed by atoms with E-state index < -0.39 is 17.7 Å². The molecule has 0 aliphatic carbocycles. The van der Waals surface area contributed by atoms with Gasteiger partial charge < -0.3 is 9.84 Å². The van der Waals surface area contributed by atoms with E-state index in [1.807, 2.05) is 38.1 Å². The molecule has 1 aromatic heterocycles. The highest BCUT2D eigenvalue weighted by Crippen LogP contribution is 2.43. The van der Waals surface area contributed by atoms with Crippen molar-refractivity contribution >= 4 is 33.9 Å². The number of nitrogens with zero attached hydrogens (tertiary/aromatic N) is 2. The van der Waals surface area contributed by atoms with Gasteiger partial charge in [0.25, 0.3) is 5.78 Å². The van der Waals surface area contributed by atoms with Gasteiger partial charge in [0.05, 0.1) is 17.7 Å². The van der Waals surface area contributed by atoms with E-state index in [2.05, 4.69) is 18.8 Å². The van der Waals surface area contributed by atoms with Crippen molar-refractivity contribution in [2.24, 2.45) is 0 Å². The standard InChI is InChI=1S/C26H26N2O4S/c1-15(2)17-5-7-18(8-6-17)22-21(24(30)25(31)28(22)26-27-13-14-33-26)23(29)19-9-11-20(12-10-19)32-16(3)4/h5-16,22,29H,1-4H3. The van der Waals surface area contributed by atoms with Crippen LogP contribution in [0.3, 0.4) is 0 Å². The number of aromatic nitrogens is 1. The van der Waals surface area contributed by atoms with Gasteiger partial charge in [0.1, 0.15) is 11.5 Å². The van der Waals surface area contributed by atoms with Crippen LogP contribution in [-0.4, -0.2) is 27.9 Å². The van der Waals surface area contributed by atoms with E-state index >= 15 is 0 Å². The van der Waals surface area contributed by atoms with Gasteiger partial charge in [-0.25, -0.2) is 4.98 Å². The Labute approximate surface area is 197 Å². The van der Waals surface area contributed by atoms with Crippen molar-refractivity contribution in [3.63, 3.8) is 0 Å². The fourth-order valence-corrected chi connectivity index (χ4v) is 4.53. The van der Waals surface area contributed by atoms with Crippen LogP contribution < -0.4 is 9.64 Å². The minimum absolute atomic E-state index is 0.0156. The van der Waals surface area contributed by atoms with Gasteiger partial charge in [-0.05, 0) is 55.2 Å². The van der Waals surface area contributed by atoms with Crippen LogP contribution in [0.4, 0.5) is 5.13 Å². The Morgan fingerprint density at radius 3 is 2.24 bits per heavy atom. The Balaban J connectivity index is 1.83. The van der Waals surface area contributed by atoms with Crippen molar-refractivity contribution in [1.29, 1.82) is 0 Å². The number of thiazole rings is 1. The molecule has 1 saturated heterocycles. The maximum absolute atomic E-state index is 13.1. The molecule has 1 aliphatic heterocycles. The number of ether oxygens (including phenoxy) is 1. The first-order valence-corrected chi connectivity index (χ1v) is 11.7. The van der Waals surface area contributed by atoms with Gasteiger partial charge in [-0.2, -0.15) is 0 Å². The summed E-state index contributed by atoms with van der Waals surface area (Å²) in [6, 6.07) is 13.8. The molecular formula is C26H26N2O4S. The predicted octanol–water partition coefficient (Wildman–Crippen LogP) is 5.68. The zero-order chi connectivity index (χ0) is 23.7. The summed E-state index contributed by atoms with van der Waals surface area (Å²) in [5, 5.41) is 13.4. The van der Waals surface area contributed by atoms with Gasteiger partial charge in [0.2, 0.25) is 0 Å². The zero-order valence-electron chi connectivity index (χ0n) is 19.0. The van der Waals surface area contributed by atoms with E-state index in [4.69, 9.17) is 4.74 Å². The minimum atomic E-state index is -0.774. The molecule has 0 radical (unpaired) electrons. The van der Waals surface area contributed by atoms with Crippen LogP contribution in [0.1, 0.15) is 56.3 Å². The average molecular weight is 463 g/mol. The Bertz CT molecular complexity index is 1180. The molecule has 2 aromatic carbocycles. The lowest BCUT2D eigenvalue weighted by Crippen LogP contribution is -2.29.